The summed E-state index contributed by atoms with van der Waals surface area (Å²) in [5, 5.41) is 0. The topological polar surface area (TPSA) is 0 Å². The van der Waals surface area contributed by atoms with Crippen molar-refractivity contribution in [1.82, 2.24) is 0 Å². The van der Waals surface area contributed by atoms with E-state index in [1.54, 1.807) is 5.57 Å². The summed E-state index contributed by atoms with van der Waals surface area (Å²) >= 11 is 0. The molecule has 0 heterocycles. The first-order valence-electron chi connectivity index (χ1n) is 7.78. The largest absolute Gasteiger partial charge is 0.0851 e. The van der Waals surface area contributed by atoms with E-state index in [0.717, 1.165) is 5.92 Å². The van der Waals surface area contributed by atoms with Gasteiger partial charge in [0.05, 0.1) is 0 Å². The van der Waals surface area contributed by atoms with Crippen molar-refractivity contribution < 1.29 is 0 Å². The van der Waals surface area contributed by atoms with Crippen LogP contribution in [-0.2, 0) is 0 Å². The van der Waals surface area contributed by atoms with E-state index in [-0.39, 0.29) is 0 Å². The van der Waals surface area contributed by atoms with E-state index in [2.05, 4.69) is 61.5 Å². The molecular formula is C18H36. The van der Waals surface area contributed by atoms with Crippen LogP contribution in [0, 0.1) is 16.7 Å². The molecule has 0 aromatic carbocycles. The van der Waals surface area contributed by atoms with E-state index in [1.165, 1.54) is 32.1 Å². The molecule has 0 amide bonds. The minimum Gasteiger partial charge on any atom is -0.0851 e. The molecule has 0 rings (SSSR count). The highest BCUT2D eigenvalue weighted by Gasteiger charge is 2.23. The van der Waals surface area contributed by atoms with Crippen LogP contribution in [0.4, 0.5) is 0 Å². The second kappa shape index (κ2) is 7.36. The Balaban J connectivity index is 4.20. The average molecular weight is 252 g/mol. The third-order valence-electron chi connectivity index (χ3n) is 4.72. The molecule has 0 spiro atoms. The van der Waals surface area contributed by atoms with Crippen molar-refractivity contribution >= 4 is 0 Å². The minimum atomic E-state index is 0.382. The fourth-order valence-electron chi connectivity index (χ4n) is 2.12. The molecule has 0 heteroatoms. The molecule has 0 aliphatic rings. The first-order chi connectivity index (χ1) is 8.11. The highest BCUT2D eigenvalue weighted by atomic mass is 14.3. The van der Waals surface area contributed by atoms with Crippen LogP contribution in [0.5, 0.6) is 0 Å². The summed E-state index contributed by atoms with van der Waals surface area (Å²) in [7, 11) is 0. The van der Waals surface area contributed by atoms with Gasteiger partial charge in [0.15, 0.2) is 0 Å². The number of hydrogen-bond donors (Lipinski definition) is 0. The van der Waals surface area contributed by atoms with Crippen LogP contribution in [0.2, 0.25) is 0 Å². The molecular weight excluding hydrogens is 216 g/mol. The lowest BCUT2D eigenvalue weighted by Gasteiger charge is -2.30. The third-order valence-corrected chi connectivity index (χ3v) is 4.72. The van der Waals surface area contributed by atoms with Crippen LogP contribution in [-0.4, -0.2) is 0 Å². The fourth-order valence-corrected chi connectivity index (χ4v) is 2.12. The standard InChI is InChI=1S/C18H36/c1-9-10-12-16(3)18(7,8)14-11-13-15(2)17(4,5)6/h12,15H,9-11,13-14H2,1-8H3/b16-12+. The van der Waals surface area contributed by atoms with Gasteiger partial charge in [-0.15, -0.1) is 0 Å². The van der Waals surface area contributed by atoms with Gasteiger partial charge < -0.3 is 0 Å². The molecule has 0 radical (unpaired) electrons. The van der Waals surface area contributed by atoms with Gasteiger partial charge in [-0.05, 0) is 36.5 Å². The maximum atomic E-state index is 2.44. The Kier molecular flexibility index (Phi) is 7.25. The zero-order valence-electron chi connectivity index (χ0n) is 14.2. The zero-order chi connectivity index (χ0) is 14.4. The average Bonchev–Trinajstić information content (AvgIpc) is 2.23. The van der Waals surface area contributed by atoms with Gasteiger partial charge in [-0.3, -0.25) is 0 Å². The van der Waals surface area contributed by atoms with Gasteiger partial charge >= 0.3 is 0 Å². The van der Waals surface area contributed by atoms with Gasteiger partial charge in [0.1, 0.15) is 0 Å². The van der Waals surface area contributed by atoms with Crippen LogP contribution in [0.15, 0.2) is 11.6 Å². The van der Waals surface area contributed by atoms with E-state index in [0.29, 0.717) is 10.8 Å². The van der Waals surface area contributed by atoms with E-state index in [4.69, 9.17) is 0 Å². The second-order valence-corrected chi connectivity index (χ2v) is 7.72. The van der Waals surface area contributed by atoms with E-state index >= 15 is 0 Å². The van der Waals surface area contributed by atoms with Crippen LogP contribution in [0.25, 0.3) is 0 Å². The first-order valence-corrected chi connectivity index (χ1v) is 7.78. The number of unbranched alkanes of at least 4 members (excludes halogenated alkanes) is 1. The molecule has 0 N–H and O–H groups in total. The Morgan fingerprint density at radius 1 is 1.11 bits per heavy atom. The summed E-state index contributed by atoms with van der Waals surface area (Å²) in [6.45, 7) is 18.8. The fraction of sp³-hybridized carbons (Fsp3) is 0.889. The summed E-state index contributed by atoms with van der Waals surface area (Å²) in [4.78, 5) is 0. The van der Waals surface area contributed by atoms with Gasteiger partial charge in [-0.25, -0.2) is 0 Å². The predicted octanol–water partition coefficient (Wildman–Crippen LogP) is 6.61. The van der Waals surface area contributed by atoms with E-state index < -0.39 is 0 Å². The lowest BCUT2D eigenvalue weighted by atomic mass is 9.75. The second-order valence-electron chi connectivity index (χ2n) is 7.72. The molecule has 18 heavy (non-hydrogen) atoms. The Morgan fingerprint density at radius 3 is 2.11 bits per heavy atom. The smallest absolute Gasteiger partial charge is 0.0147 e. The Hall–Kier alpha value is -0.260. The molecule has 0 aliphatic carbocycles. The monoisotopic (exact) mass is 252 g/mol. The van der Waals surface area contributed by atoms with Crippen LogP contribution in [0.1, 0.15) is 87.5 Å². The maximum absolute atomic E-state index is 2.44. The lowest BCUT2D eigenvalue weighted by molar-refractivity contribution is 0.231. The third kappa shape index (κ3) is 6.61. The number of rotatable bonds is 7. The van der Waals surface area contributed by atoms with Crippen molar-refractivity contribution in [2.45, 2.75) is 87.5 Å². The quantitative estimate of drug-likeness (QED) is 0.447. The van der Waals surface area contributed by atoms with Crippen LogP contribution >= 0.6 is 0 Å². The molecule has 0 aliphatic heterocycles. The summed E-state index contributed by atoms with van der Waals surface area (Å²) in [6, 6.07) is 0. The van der Waals surface area contributed by atoms with Crippen molar-refractivity contribution in [2.24, 2.45) is 16.7 Å². The van der Waals surface area contributed by atoms with Crippen LogP contribution in [0.3, 0.4) is 0 Å². The molecule has 0 aromatic rings. The zero-order valence-corrected chi connectivity index (χ0v) is 14.2. The van der Waals surface area contributed by atoms with Gasteiger partial charge in [0.25, 0.3) is 0 Å². The van der Waals surface area contributed by atoms with Crippen LogP contribution < -0.4 is 0 Å². The molecule has 1 atom stereocenters. The Morgan fingerprint density at radius 2 is 1.67 bits per heavy atom. The molecule has 0 fully saturated rings. The van der Waals surface area contributed by atoms with Gasteiger partial charge in [0.2, 0.25) is 0 Å². The predicted molar refractivity (Wildman–Crippen MR) is 84.9 cm³/mol. The number of allylic oxidation sites excluding steroid dienone is 2. The SMILES string of the molecule is CCC/C=C(\C)C(C)(C)CCCC(C)C(C)(C)C. The molecule has 0 saturated carbocycles. The van der Waals surface area contributed by atoms with Gasteiger partial charge in [-0.2, -0.15) is 0 Å². The molecule has 0 nitrogen and oxygen atoms in total. The molecule has 108 valence electrons. The van der Waals surface area contributed by atoms with E-state index in [1.807, 2.05) is 0 Å². The maximum Gasteiger partial charge on any atom is -0.0147 e. The van der Waals surface area contributed by atoms with Crippen molar-refractivity contribution in [3.63, 3.8) is 0 Å². The van der Waals surface area contributed by atoms with Gasteiger partial charge in [0, 0.05) is 0 Å². The minimum absolute atomic E-state index is 0.382. The Bertz CT molecular complexity index is 250. The van der Waals surface area contributed by atoms with Crippen molar-refractivity contribution in [2.75, 3.05) is 0 Å². The molecule has 1 unspecified atom stereocenters. The summed E-state index contributed by atoms with van der Waals surface area (Å²) in [6.07, 6.45) is 8.95. The highest BCUT2D eigenvalue weighted by molar-refractivity contribution is 5.08. The van der Waals surface area contributed by atoms with Gasteiger partial charge in [-0.1, -0.05) is 79.4 Å². The Labute approximate surface area is 116 Å². The van der Waals surface area contributed by atoms with Crippen molar-refractivity contribution in [3.8, 4) is 0 Å². The molecule has 0 saturated heterocycles. The highest BCUT2D eigenvalue weighted by Crippen LogP contribution is 2.35. The summed E-state index contributed by atoms with van der Waals surface area (Å²) < 4.78 is 0. The van der Waals surface area contributed by atoms with Crippen molar-refractivity contribution in [3.05, 3.63) is 11.6 Å². The summed E-state index contributed by atoms with van der Waals surface area (Å²) in [5.41, 5.74) is 2.41. The normalized spacial score (nSPS) is 15.9. The van der Waals surface area contributed by atoms with Crippen molar-refractivity contribution in [1.29, 1.82) is 0 Å². The summed E-state index contributed by atoms with van der Waals surface area (Å²) in [5.74, 6) is 0.813. The van der Waals surface area contributed by atoms with E-state index in [9.17, 15) is 0 Å². The number of hydrogen-bond acceptors (Lipinski definition) is 0. The first kappa shape index (κ1) is 17.7. The molecule has 0 bridgehead atoms. The lowest BCUT2D eigenvalue weighted by Crippen LogP contribution is -2.19. The molecule has 0 aromatic heterocycles.